The monoisotopic (exact) mass is 355 g/mol. The lowest BCUT2D eigenvalue weighted by molar-refractivity contribution is -0.120. The molecular formula is C19H21N3O4. The Morgan fingerprint density at radius 3 is 2.31 bits per heavy atom. The standard InChI is InChI=1S/C19H21N3O4/c1-3-26-16-7-5-4-6-15(16)19(25)20-12-17(23)21-22-18(24)14-10-8-13(2)9-11-14/h4-11H,3,12H2,1-2H3,(H,20,25)(H,21,23)(H,22,24). The van der Waals surface area contributed by atoms with Gasteiger partial charge in [0.25, 0.3) is 17.7 Å². The van der Waals surface area contributed by atoms with Crippen molar-refractivity contribution in [3.05, 3.63) is 65.2 Å². The largest absolute Gasteiger partial charge is 0.493 e. The van der Waals surface area contributed by atoms with E-state index in [2.05, 4.69) is 16.2 Å². The zero-order valence-electron chi connectivity index (χ0n) is 14.7. The maximum absolute atomic E-state index is 12.2. The fourth-order valence-corrected chi connectivity index (χ4v) is 2.14. The van der Waals surface area contributed by atoms with Gasteiger partial charge >= 0.3 is 0 Å². The summed E-state index contributed by atoms with van der Waals surface area (Å²) in [6, 6.07) is 13.7. The van der Waals surface area contributed by atoms with E-state index in [1.165, 1.54) is 0 Å². The van der Waals surface area contributed by atoms with Gasteiger partial charge in [0.1, 0.15) is 5.75 Å². The van der Waals surface area contributed by atoms with E-state index < -0.39 is 17.7 Å². The van der Waals surface area contributed by atoms with Gasteiger partial charge in [-0.25, -0.2) is 0 Å². The molecule has 0 heterocycles. The summed E-state index contributed by atoms with van der Waals surface area (Å²) in [6.45, 7) is 3.87. The molecule has 0 unspecified atom stereocenters. The number of aryl methyl sites for hydroxylation is 1. The highest BCUT2D eigenvalue weighted by Gasteiger charge is 2.13. The maximum atomic E-state index is 12.2. The van der Waals surface area contributed by atoms with Crippen LogP contribution in [0.3, 0.4) is 0 Å². The highest BCUT2D eigenvalue weighted by atomic mass is 16.5. The van der Waals surface area contributed by atoms with E-state index in [1.54, 1.807) is 48.5 Å². The minimum atomic E-state index is -0.548. The van der Waals surface area contributed by atoms with Crippen LogP contribution < -0.4 is 20.9 Å². The lowest BCUT2D eigenvalue weighted by atomic mass is 10.1. The molecule has 0 radical (unpaired) electrons. The zero-order chi connectivity index (χ0) is 18.9. The van der Waals surface area contributed by atoms with Crippen molar-refractivity contribution in [2.45, 2.75) is 13.8 Å². The third kappa shape index (κ3) is 5.34. The molecule has 2 aromatic carbocycles. The molecule has 3 amide bonds. The summed E-state index contributed by atoms with van der Waals surface area (Å²) in [5, 5.41) is 2.49. The molecule has 2 rings (SSSR count). The average Bonchev–Trinajstić information content (AvgIpc) is 2.65. The number of benzene rings is 2. The number of carbonyl (C=O) groups excluding carboxylic acids is 3. The van der Waals surface area contributed by atoms with Crippen molar-refractivity contribution in [2.75, 3.05) is 13.2 Å². The summed E-state index contributed by atoms with van der Waals surface area (Å²) in [5.74, 6) is -0.978. The Balaban J connectivity index is 1.82. The molecule has 7 heteroatoms. The first-order chi connectivity index (χ1) is 12.5. The molecule has 7 nitrogen and oxygen atoms in total. The number of hydrogen-bond donors (Lipinski definition) is 3. The van der Waals surface area contributed by atoms with Gasteiger partial charge in [-0.05, 0) is 38.1 Å². The smallest absolute Gasteiger partial charge is 0.269 e. The average molecular weight is 355 g/mol. The second-order valence-electron chi connectivity index (χ2n) is 5.48. The number of amides is 3. The van der Waals surface area contributed by atoms with Crippen LogP contribution in [0.4, 0.5) is 0 Å². The molecule has 0 saturated carbocycles. The summed E-state index contributed by atoms with van der Waals surface area (Å²) in [5.41, 5.74) is 6.35. The number of para-hydroxylation sites is 1. The number of hydrazine groups is 1. The lowest BCUT2D eigenvalue weighted by Gasteiger charge is -2.11. The summed E-state index contributed by atoms with van der Waals surface area (Å²) in [4.78, 5) is 35.9. The molecule has 0 atom stereocenters. The van der Waals surface area contributed by atoms with Crippen molar-refractivity contribution in [1.29, 1.82) is 0 Å². The van der Waals surface area contributed by atoms with Gasteiger partial charge < -0.3 is 10.1 Å². The SMILES string of the molecule is CCOc1ccccc1C(=O)NCC(=O)NNC(=O)c1ccc(C)cc1. The fourth-order valence-electron chi connectivity index (χ4n) is 2.14. The van der Waals surface area contributed by atoms with Gasteiger partial charge in [0, 0.05) is 5.56 Å². The fraction of sp³-hybridized carbons (Fsp3) is 0.211. The lowest BCUT2D eigenvalue weighted by Crippen LogP contribution is -2.46. The Kier molecular flexibility index (Phi) is 6.73. The van der Waals surface area contributed by atoms with Crippen LogP contribution in [0.1, 0.15) is 33.2 Å². The maximum Gasteiger partial charge on any atom is 0.269 e. The molecule has 0 saturated heterocycles. The summed E-state index contributed by atoms with van der Waals surface area (Å²) in [7, 11) is 0. The molecule has 0 fully saturated rings. The van der Waals surface area contributed by atoms with Crippen LogP contribution >= 0.6 is 0 Å². The Hall–Kier alpha value is -3.35. The van der Waals surface area contributed by atoms with Crippen LogP contribution in [0.25, 0.3) is 0 Å². The molecule has 0 aliphatic heterocycles. The number of carbonyl (C=O) groups is 3. The Bertz CT molecular complexity index is 788. The van der Waals surface area contributed by atoms with Crippen molar-refractivity contribution >= 4 is 17.7 Å². The van der Waals surface area contributed by atoms with Crippen LogP contribution in [0, 0.1) is 6.92 Å². The Morgan fingerprint density at radius 1 is 0.923 bits per heavy atom. The van der Waals surface area contributed by atoms with Crippen LogP contribution in [0.5, 0.6) is 5.75 Å². The van der Waals surface area contributed by atoms with Gasteiger partial charge in [-0.3, -0.25) is 25.2 Å². The Morgan fingerprint density at radius 2 is 1.62 bits per heavy atom. The van der Waals surface area contributed by atoms with E-state index >= 15 is 0 Å². The number of nitrogens with one attached hydrogen (secondary N) is 3. The molecule has 2 aromatic rings. The second-order valence-corrected chi connectivity index (χ2v) is 5.48. The first-order valence-corrected chi connectivity index (χ1v) is 8.17. The highest BCUT2D eigenvalue weighted by Crippen LogP contribution is 2.17. The number of ether oxygens (including phenoxy) is 1. The normalized spacial score (nSPS) is 9.92. The van der Waals surface area contributed by atoms with Crippen LogP contribution in [0.2, 0.25) is 0 Å². The summed E-state index contributed by atoms with van der Waals surface area (Å²) in [6.07, 6.45) is 0. The molecule has 3 N–H and O–H groups in total. The number of rotatable bonds is 6. The second kappa shape index (κ2) is 9.22. The van der Waals surface area contributed by atoms with Crippen molar-refractivity contribution in [1.82, 2.24) is 16.2 Å². The first kappa shape index (κ1) is 19.0. The highest BCUT2D eigenvalue weighted by molar-refractivity contribution is 5.99. The molecule has 26 heavy (non-hydrogen) atoms. The van der Waals surface area contributed by atoms with E-state index in [4.69, 9.17) is 4.74 Å². The molecule has 0 spiro atoms. The molecule has 0 bridgehead atoms. The first-order valence-electron chi connectivity index (χ1n) is 8.17. The Labute approximate surface area is 151 Å². The van der Waals surface area contributed by atoms with Crippen molar-refractivity contribution in [2.24, 2.45) is 0 Å². The van der Waals surface area contributed by atoms with Crippen LogP contribution in [0.15, 0.2) is 48.5 Å². The minimum Gasteiger partial charge on any atom is -0.493 e. The third-order valence-electron chi connectivity index (χ3n) is 3.47. The predicted octanol–water partition coefficient (Wildman–Crippen LogP) is 1.58. The van der Waals surface area contributed by atoms with Gasteiger partial charge in [-0.2, -0.15) is 0 Å². The molecular weight excluding hydrogens is 334 g/mol. The van der Waals surface area contributed by atoms with E-state index in [-0.39, 0.29) is 6.54 Å². The van der Waals surface area contributed by atoms with Crippen molar-refractivity contribution < 1.29 is 19.1 Å². The molecule has 0 aliphatic carbocycles. The van der Waals surface area contributed by atoms with Gasteiger partial charge in [0.15, 0.2) is 0 Å². The van der Waals surface area contributed by atoms with Crippen molar-refractivity contribution in [3.63, 3.8) is 0 Å². The quantitative estimate of drug-likeness (QED) is 0.686. The topological polar surface area (TPSA) is 96.5 Å². The molecule has 136 valence electrons. The van der Waals surface area contributed by atoms with E-state index in [0.29, 0.717) is 23.5 Å². The van der Waals surface area contributed by atoms with Gasteiger partial charge in [-0.1, -0.05) is 29.8 Å². The van der Waals surface area contributed by atoms with Crippen LogP contribution in [-0.4, -0.2) is 30.9 Å². The van der Waals surface area contributed by atoms with Crippen LogP contribution in [-0.2, 0) is 4.79 Å². The van der Waals surface area contributed by atoms with Gasteiger partial charge in [-0.15, -0.1) is 0 Å². The van der Waals surface area contributed by atoms with E-state index in [9.17, 15) is 14.4 Å². The third-order valence-corrected chi connectivity index (χ3v) is 3.47. The molecule has 0 aromatic heterocycles. The number of hydrogen-bond acceptors (Lipinski definition) is 4. The zero-order valence-corrected chi connectivity index (χ0v) is 14.7. The summed E-state index contributed by atoms with van der Waals surface area (Å²) >= 11 is 0. The minimum absolute atomic E-state index is 0.284. The predicted molar refractivity (Wildman–Crippen MR) is 96.7 cm³/mol. The van der Waals surface area contributed by atoms with E-state index in [1.807, 2.05) is 13.8 Å². The van der Waals surface area contributed by atoms with E-state index in [0.717, 1.165) is 5.56 Å². The van der Waals surface area contributed by atoms with Gasteiger partial charge in [0.2, 0.25) is 0 Å². The van der Waals surface area contributed by atoms with Crippen molar-refractivity contribution in [3.8, 4) is 5.75 Å². The molecule has 0 aliphatic rings. The van der Waals surface area contributed by atoms with Gasteiger partial charge in [0.05, 0.1) is 18.7 Å². The summed E-state index contributed by atoms with van der Waals surface area (Å²) < 4.78 is 5.38.